The van der Waals surface area contributed by atoms with Gasteiger partial charge >= 0.3 is 6.18 Å². The molecule has 0 aromatic heterocycles. The molecule has 0 radical (unpaired) electrons. The summed E-state index contributed by atoms with van der Waals surface area (Å²) in [7, 11) is -4.02. The van der Waals surface area contributed by atoms with E-state index in [1.807, 2.05) is 0 Å². The first-order valence-electron chi connectivity index (χ1n) is 8.38. The Morgan fingerprint density at radius 2 is 1.62 bits per heavy atom. The number of hydrogen-bond donors (Lipinski definition) is 3. The fourth-order valence-electron chi connectivity index (χ4n) is 2.19. The quantitative estimate of drug-likeness (QED) is 0.629. The maximum absolute atomic E-state index is 12.5. The van der Waals surface area contributed by atoms with E-state index in [-0.39, 0.29) is 28.5 Å². The summed E-state index contributed by atoms with van der Waals surface area (Å²) in [6.45, 7) is 0.188. The van der Waals surface area contributed by atoms with Crippen LogP contribution in [0, 0.1) is 0 Å². The molecule has 0 aliphatic carbocycles. The van der Waals surface area contributed by atoms with Gasteiger partial charge in [-0.15, -0.1) is 0 Å². The molecule has 0 fully saturated rings. The molecule has 0 spiro atoms. The van der Waals surface area contributed by atoms with Gasteiger partial charge in [-0.05, 0) is 42.5 Å². The van der Waals surface area contributed by atoms with Gasteiger partial charge in [-0.3, -0.25) is 14.3 Å². The molecule has 11 heteroatoms. The molecule has 0 bridgehead atoms. The van der Waals surface area contributed by atoms with Crippen LogP contribution in [0.4, 0.5) is 24.5 Å². The number of sulfonamides is 1. The third-order valence-electron chi connectivity index (χ3n) is 3.60. The van der Waals surface area contributed by atoms with Crippen molar-refractivity contribution in [1.82, 2.24) is 5.32 Å². The normalized spacial score (nSPS) is 11.6. The van der Waals surface area contributed by atoms with Crippen LogP contribution in [-0.4, -0.2) is 33.0 Å². The third-order valence-corrected chi connectivity index (χ3v) is 4.99. The summed E-state index contributed by atoms with van der Waals surface area (Å²) in [5, 5.41) is 4.30. The summed E-state index contributed by atoms with van der Waals surface area (Å²) in [5.74, 6) is -1.21. The Hall–Kier alpha value is -3.08. The molecule has 0 heterocycles. The molecule has 0 unspecified atom stereocenters. The minimum Gasteiger partial charge on any atom is -0.343 e. The van der Waals surface area contributed by atoms with Crippen LogP contribution >= 0.6 is 0 Å². The molecule has 0 saturated carbocycles. The van der Waals surface area contributed by atoms with Crippen molar-refractivity contribution in [2.45, 2.75) is 24.4 Å². The monoisotopic (exact) mass is 429 g/mol. The summed E-state index contributed by atoms with van der Waals surface area (Å²) >= 11 is 0. The van der Waals surface area contributed by atoms with Gasteiger partial charge in [0.1, 0.15) is 6.54 Å². The molecule has 2 rings (SSSR count). The average Bonchev–Trinajstić information content (AvgIpc) is 2.65. The van der Waals surface area contributed by atoms with E-state index in [0.29, 0.717) is 5.69 Å². The van der Waals surface area contributed by atoms with E-state index in [1.165, 1.54) is 12.1 Å². The van der Waals surface area contributed by atoms with Crippen LogP contribution in [0.2, 0.25) is 0 Å². The van der Waals surface area contributed by atoms with Crippen molar-refractivity contribution >= 4 is 33.2 Å². The topological polar surface area (TPSA) is 104 Å². The van der Waals surface area contributed by atoms with Gasteiger partial charge in [0, 0.05) is 17.7 Å². The Kier molecular flexibility index (Phi) is 6.85. The van der Waals surface area contributed by atoms with Gasteiger partial charge in [-0.2, -0.15) is 13.2 Å². The minimum absolute atomic E-state index is 0.113. The van der Waals surface area contributed by atoms with Crippen molar-refractivity contribution in [2.24, 2.45) is 0 Å². The van der Waals surface area contributed by atoms with Crippen LogP contribution in [0.3, 0.4) is 0 Å². The first-order valence-corrected chi connectivity index (χ1v) is 9.86. The molecule has 0 atom stereocenters. The number of hydrogen-bond acceptors (Lipinski definition) is 4. The number of anilines is 2. The maximum atomic E-state index is 12.5. The second kappa shape index (κ2) is 8.95. The van der Waals surface area contributed by atoms with Gasteiger partial charge < -0.3 is 10.6 Å². The Morgan fingerprint density at radius 1 is 1.00 bits per heavy atom. The molecular formula is C18H18F3N3O4S. The van der Waals surface area contributed by atoms with Crippen LogP contribution in [-0.2, 0) is 14.8 Å². The molecule has 2 amide bonds. The SMILES string of the molecule is CCC(=O)Nc1cccc(NS(=O)(=O)c2ccc(C(=O)NCC(F)(F)F)cc2)c1. The van der Waals surface area contributed by atoms with Crippen molar-refractivity contribution in [3.63, 3.8) is 0 Å². The van der Waals surface area contributed by atoms with E-state index in [0.717, 1.165) is 24.3 Å². The van der Waals surface area contributed by atoms with E-state index in [2.05, 4.69) is 10.0 Å². The zero-order chi connectivity index (χ0) is 21.7. The summed E-state index contributed by atoms with van der Waals surface area (Å²) in [4.78, 5) is 22.9. The van der Waals surface area contributed by atoms with Crippen LogP contribution in [0.15, 0.2) is 53.4 Å². The van der Waals surface area contributed by atoms with E-state index in [9.17, 15) is 31.2 Å². The first-order chi connectivity index (χ1) is 13.5. The molecule has 0 aliphatic rings. The fraction of sp³-hybridized carbons (Fsp3) is 0.222. The second-order valence-electron chi connectivity index (χ2n) is 5.91. The molecule has 3 N–H and O–H groups in total. The maximum Gasteiger partial charge on any atom is 0.405 e. The highest BCUT2D eigenvalue weighted by molar-refractivity contribution is 7.92. The van der Waals surface area contributed by atoms with Crippen LogP contribution in [0.5, 0.6) is 0 Å². The molecule has 2 aromatic rings. The summed E-state index contributed by atoms with van der Waals surface area (Å²) in [6, 6.07) is 10.5. The number of benzene rings is 2. The van der Waals surface area contributed by atoms with Crippen molar-refractivity contribution < 1.29 is 31.2 Å². The van der Waals surface area contributed by atoms with Crippen molar-refractivity contribution in [3.8, 4) is 0 Å². The number of halogens is 3. The highest BCUT2D eigenvalue weighted by Crippen LogP contribution is 2.20. The van der Waals surface area contributed by atoms with Gasteiger partial charge in [0.15, 0.2) is 0 Å². The number of amides is 2. The van der Waals surface area contributed by atoms with Crippen LogP contribution in [0.1, 0.15) is 23.7 Å². The van der Waals surface area contributed by atoms with Crippen LogP contribution < -0.4 is 15.4 Å². The van der Waals surface area contributed by atoms with E-state index in [1.54, 1.807) is 24.4 Å². The lowest BCUT2D eigenvalue weighted by Gasteiger charge is -2.11. The standard InChI is InChI=1S/C18H18F3N3O4S/c1-2-16(25)23-13-4-3-5-14(10-13)24-29(27,28)15-8-6-12(7-9-15)17(26)22-11-18(19,20)21/h3-10,24H,2,11H2,1H3,(H,22,26)(H,23,25). The fourth-order valence-corrected chi connectivity index (χ4v) is 3.24. The Labute approximate surface area is 165 Å². The van der Waals surface area contributed by atoms with Crippen molar-refractivity contribution in [1.29, 1.82) is 0 Å². The summed E-state index contributed by atoms with van der Waals surface area (Å²) < 4.78 is 63.8. The molecule has 0 aliphatic heterocycles. The summed E-state index contributed by atoms with van der Waals surface area (Å²) in [5.41, 5.74) is 0.497. The molecular weight excluding hydrogens is 411 g/mol. The zero-order valence-corrected chi connectivity index (χ0v) is 16.0. The molecule has 156 valence electrons. The zero-order valence-electron chi connectivity index (χ0n) is 15.2. The van der Waals surface area contributed by atoms with Gasteiger partial charge in [0.2, 0.25) is 5.91 Å². The van der Waals surface area contributed by atoms with E-state index < -0.39 is 28.7 Å². The number of nitrogens with one attached hydrogen (secondary N) is 3. The number of rotatable bonds is 7. The largest absolute Gasteiger partial charge is 0.405 e. The second-order valence-corrected chi connectivity index (χ2v) is 7.59. The third kappa shape index (κ3) is 6.79. The molecule has 7 nitrogen and oxygen atoms in total. The Balaban J connectivity index is 2.11. The number of carbonyl (C=O) groups is 2. The Bertz CT molecular complexity index is 990. The van der Waals surface area contributed by atoms with Gasteiger partial charge in [-0.25, -0.2) is 8.42 Å². The number of alkyl halides is 3. The van der Waals surface area contributed by atoms with Crippen LogP contribution in [0.25, 0.3) is 0 Å². The van der Waals surface area contributed by atoms with Crippen molar-refractivity contribution in [3.05, 3.63) is 54.1 Å². The average molecular weight is 429 g/mol. The lowest BCUT2D eigenvalue weighted by molar-refractivity contribution is -0.123. The molecule has 0 saturated heterocycles. The van der Waals surface area contributed by atoms with Crippen molar-refractivity contribution in [2.75, 3.05) is 16.6 Å². The predicted octanol–water partition coefficient (Wildman–Crippen LogP) is 3.13. The molecule has 29 heavy (non-hydrogen) atoms. The van der Waals surface area contributed by atoms with Gasteiger partial charge in [0.25, 0.3) is 15.9 Å². The number of carbonyl (C=O) groups excluding carboxylic acids is 2. The lowest BCUT2D eigenvalue weighted by atomic mass is 10.2. The summed E-state index contributed by atoms with van der Waals surface area (Å²) in [6.07, 6.45) is -4.28. The smallest absolute Gasteiger partial charge is 0.343 e. The molecule has 2 aromatic carbocycles. The first kappa shape index (κ1) is 22.2. The van der Waals surface area contributed by atoms with E-state index >= 15 is 0 Å². The minimum atomic E-state index is -4.55. The van der Waals surface area contributed by atoms with Gasteiger partial charge in [0.05, 0.1) is 10.6 Å². The lowest BCUT2D eigenvalue weighted by Crippen LogP contribution is -2.33. The highest BCUT2D eigenvalue weighted by Gasteiger charge is 2.28. The predicted molar refractivity (Wildman–Crippen MR) is 101 cm³/mol. The van der Waals surface area contributed by atoms with Gasteiger partial charge in [-0.1, -0.05) is 13.0 Å². The Morgan fingerprint density at radius 3 is 2.21 bits per heavy atom. The highest BCUT2D eigenvalue weighted by atomic mass is 32.2. The van der Waals surface area contributed by atoms with E-state index in [4.69, 9.17) is 0 Å².